The molecule has 1 N–H and O–H groups in total. The van der Waals surface area contributed by atoms with Crippen molar-refractivity contribution in [2.24, 2.45) is 0 Å². The predicted octanol–water partition coefficient (Wildman–Crippen LogP) is 3.53. The fourth-order valence-electron chi connectivity index (χ4n) is 4.45. The van der Waals surface area contributed by atoms with Crippen molar-refractivity contribution in [3.63, 3.8) is 0 Å². The van der Waals surface area contributed by atoms with Gasteiger partial charge in [-0.3, -0.25) is 14.5 Å². The molecule has 1 amide bonds. The normalized spacial score (nSPS) is 21.0. The van der Waals surface area contributed by atoms with E-state index in [0.717, 1.165) is 37.2 Å². The van der Waals surface area contributed by atoms with Crippen molar-refractivity contribution in [3.8, 4) is 0 Å². The Balaban J connectivity index is 1.66. The van der Waals surface area contributed by atoms with Crippen molar-refractivity contribution >= 4 is 17.4 Å². The highest BCUT2D eigenvalue weighted by Crippen LogP contribution is 2.39. The highest BCUT2D eigenvalue weighted by molar-refractivity contribution is 6.46. The number of morpholine rings is 1. The SMILES string of the molecule is CCc1ccc([C@H]2C(=C(O)c3ccc(F)cc3)C(=O)C(=O)N2CCCN2CCOCC2)cc1. The standard InChI is InChI=1S/C26H29FN2O4/c1-2-18-4-6-19(7-5-18)23-22(24(30)20-8-10-21(27)11-9-20)25(31)26(32)29(23)13-3-12-28-14-16-33-17-15-28/h4-11,23,30H,2-3,12-17H2,1H3/t23-/m0/s1. The maximum Gasteiger partial charge on any atom is 0.295 e. The average molecular weight is 453 g/mol. The smallest absolute Gasteiger partial charge is 0.295 e. The number of nitrogens with zero attached hydrogens (tertiary/aromatic N) is 2. The number of benzene rings is 2. The van der Waals surface area contributed by atoms with Gasteiger partial charge in [-0.2, -0.15) is 0 Å². The Morgan fingerprint density at radius 1 is 1.03 bits per heavy atom. The minimum Gasteiger partial charge on any atom is -0.507 e. The Morgan fingerprint density at radius 2 is 1.70 bits per heavy atom. The fraction of sp³-hybridized carbons (Fsp3) is 0.385. The Labute approximate surface area is 193 Å². The average Bonchev–Trinajstić information content (AvgIpc) is 3.10. The van der Waals surface area contributed by atoms with E-state index in [0.29, 0.717) is 31.7 Å². The summed E-state index contributed by atoms with van der Waals surface area (Å²) >= 11 is 0. The third kappa shape index (κ3) is 4.99. The molecule has 6 nitrogen and oxygen atoms in total. The molecule has 1 atom stereocenters. The molecule has 7 heteroatoms. The van der Waals surface area contributed by atoms with Crippen LogP contribution in [0.15, 0.2) is 54.1 Å². The molecule has 2 heterocycles. The second-order valence-corrected chi connectivity index (χ2v) is 8.40. The summed E-state index contributed by atoms with van der Waals surface area (Å²) in [5.74, 6) is -2.06. The minimum atomic E-state index is -0.715. The third-order valence-corrected chi connectivity index (χ3v) is 6.34. The van der Waals surface area contributed by atoms with Crippen LogP contribution in [0.5, 0.6) is 0 Å². The zero-order chi connectivity index (χ0) is 23.4. The number of ether oxygens (including phenoxy) is 1. The number of Topliss-reactive ketones (excluding diaryl/α,β-unsaturated/α-hetero) is 1. The van der Waals surface area contributed by atoms with Crippen LogP contribution < -0.4 is 0 Å². The van der Waals surface area contributed by atoms with Crippen LogP contribution in [0.3, 0.4) is 0 Å². The minimum absolute atomic E-state index is 0.0437. The zero-order valence-electron chi connectivity index (χ0n) is 18.8. The van der Waals surface area contributed by atoms with E-state index >= 15 is 0 Å². The number of likely N-dealkylation sites (tertiary alicyclic amines) is 1. The maximum atomic E-state index is 13.4. The summed E-state index contributed by atoms with van der Waals surface area (Å²) in [4.78, 5) is 29.9. The van der Waals surface area contributed by atoms with E-state index in [9.17, 15) is 19.1 Å². The van der Waals surface area contributed by atoms with Crippen LogP contribution in [0, 0.1) is 5.82 Å². The van der Waals surface area contributed by atoms with Gasteiger partial charge in [0.05, 0.1) is 24.8 Å². The van der Waals surface area contributed by atoms with E-state index in [1.165, 1.54) is 24.3 Å². The number of aliphatic hydroxyl groups is 1. The van der Waals surface area contributed by atoms with Gasteiger partial charge >= 0.3 is 0 Å². The Bertz CT molecular complexity index is 1030. The van der Waals surface area contributed by atoms with Crippen LogP contribution in [-0.2, 0) is 20.7 Å². The molecule has 0 unspecified atom stereocenters. The van der Waals surface area contributed by atoms with E-state index in [1.807, 2.05) is 24.3 Å². The summed E-state index contributed by atoms with van der Waals surface area (Å²) in [6, 6.07) is 12.3. The largest absolute Gasteiger partial charge is 0.507 e. The molecule has 0 aliphatic carbocycles. The second-order valence-electron chi connectivity index (χ2n) is 8.40. The van der Waals surface area contributed by atoms with Crippen molar-refractivity contribution in [3.05, 3.63) is 76.6 Å². The lowest BCUT2D eigenvalue weighted by Crippen LogP contribution is -2.38. The van der Waals surface area contributed by atoms with Crippen LogP contribution in [0.2, 0.25) is 0 Å². The first-order valence-corrected chi connectivity index (χ1v) is 11.4. The summed E-state index contributed by atoms with van der Waals surface area (Å²) in [6.07, 6.45) is 1.57. The number of hydrogen-bond donors (Lipinski definition) is 1. The highest BCUT2D eigenvalue weighted by Gasteiger charge is 2.45. The molecule has 2 fully saturated rings. The predicted molar refractivity (Wildman–Crippen MR) is 123 cm³/mol. The molecule has 174 valence electrons. The van der Waals surface area contributed by atoms with E-state index in [1.54, 1.807) is 4.90 Å². The van der Waals surface area contributed by atoms with Crippen LogP contribution in [0.25, 0.3) is 5.76 Å². The number of ketones is 1. The number of halogens is 1. The maximum absolute atomic E-state index is 13.4. The third-order valence-electron chi connectivity index (χ3n) is 6.34. The Hall–Kier alpha value is -3.03. The quantitative estimate of drug-likeness (QED) is 0.395. The van der Waals surface area contributed by atoms with Crippen molar-refractivity contribution in [2.75, 3.05) is 39.4 Å². The summed E-state index contributed by atoms with van der Waals surface area (Å²) in [5, 5.41) is 11.0. The van der Waals surface area contributed by atoms with E-state index in [2.05, 4.69) is 11.8 Å². The number of hydrogen-bond acceptors (Lipinski definition) is 5. The fourth-order valence-corrected chi connectivity index (χ4v) is 4.45. The van der Waals surface area contributed by atoms with Gasteiger partial charge in [0, 0.05) is 31.7 Å². The van der Waals surface area contributed by atoms with E-state index in [4.69, 9.17) is 4.74 Å². The number of carbonyl (C=O) groups is 2. The molecule has 0 aromatic heterocycles. The number of carbonyl (C=O) groups excluding carboxylic acids is 2. The summed E-state index contributed by atoms with van der Waals surface area (Å²) in [6.45, 7) is 6.35. The van der Waals surface area contributed by atoms with Crippen LogP contribution >= 0.6 is 0 Å². The molecule has 0 saturated carbocycles. The lowest BCUT2D eigenvalue weighted by atomic mass is 9.94. The molecule has 0 bridgehead atoms. The van der Waals surface area contributed by atoms with Crippen molar-refractivity contribution in [1.82, 2.24) is 9.80 Å². The van der Waals surface area contributed by atoms with Crippen molar-refractivity contribution in [1.29, 1.82) is 0 Å². The summed E-state index contributed by atoms with van der Waals surface area (Å²) < 4.78 is 18.8. The monoisotopic (exact) mass is 452 g/mol. The van der Waals surface area contributed by atoms with Gasteiger partial charge in [0.2, 0.25) is 0 Å². The molecule has 0 radical (unpaired) electrons. The molecular weight excluding hydrogens is 423 g/mol. The number of aryl methyl sites for hydroxylation is 1. The summed E-state index contributed by atoms with van der Waals surface area (Å²) in [7, 11) is 0. The molecule has 33 heavy (non-hydrogen) atoms. The molecular formula is C26H29FN2O4. The van der Waals surface area contributed by atoms with Gasteiger partial charge in [-0.05, 0) is 48.2 Å². The van der Waals surface area contributed by atoms with Gasteiger partial charge in [-0.15, -0.1) is 0 Å². The molecule has 2 aromatic carbocycles. The van der Waals surface area contributed by atoms with Gasteiger partial charge in [0.15, 0.2) is 0 Å². The van der Waals surface area contributed by atoms with Crippen LogP contribution in [0.4, 0.5) is 4.39 Å². The molecule has 0 spiro atoms. The van der Waals surface area contributed by atoms with Gasteiger partial charge in [-0.1, -0.05) is 31.2 Å². The van der Waals surface area contributed by atoms with E-state index < -0.39 is 23.5 Å². The molecule has 2 saturated heterocycles. The first-order chi connectivity index (χ1) is 16.0. The summed E-state index contributed by atoms with van der Waals surface area (Å²) in [5.41, 5.74) is 2.25. The van der Waals surface area contributed by atoms with Gasteiger partial charge < -0.3 is 14.7 Å². The Morgan fingerprint density at radius 3 is 2.33 bits per heavy atom. The van der Waals surface area contributed by atoms with Gasteiger partial charge in [-0.25, -0.2) is 4.39 Å². The number of amides is 1. The van der Waals surface area contributed by atoms with Gasteiger partial charge in [0.25, 0.3) is 11.7 Å². The molecule has 2 aliphatic rings. The van der Waals surface area contributed by atoms with Crippen molar-refractivity contribution < 1.29 is 23.8 Å². The first kappa shape index (κ1) is 23.1. The van der Waals surface area contributed by atoms with E-state index in [-0.39, 0.29) is 11.3 Å². The lowest BCUT2D eigenvalue weighted by Gasteiger charge is -2.29. The molecule has 2 aromatic rings. The van der Waals surface area contributed by atoms with Gasteiger partial charge in [0.1, 0.15) is 11.6 Å². The van der Waals surface area contributed by atoms with Crippen LogP contribution in [-0.4, -0.2) is 66.0 Å². The lowest BCUT2D eigenvalue weighted by molar-refractivity contribution is -0.140. The first-order valence-electron chi connectivity index (χ1n) is 11.4. The highest BCUT2D eigenvalue weighted by atomic mass is 19.1. The number of aliphatic hydroxyl groups excluding tert-OH is 1. The second kappa shape index (κ2) is 10.3. The topological polar surface area (TPSA) is 70.1 Å². The number of rotatable bonds is 7. The zero-order valence-corrected chi connectivity index (χ0v) is 18.8. The van der Waals surface area contributed by atoms with Crippen molar-refractivity contribution in [2.45, 2.75) is 25.8 Å². The Kier molecular flexibility index (Phi) is 7.20. The molecule has 2 aliphatic heterocycles. The van der Waals surface area contributed by atoms with Crippen LogP contribution in [0.1, 0.15) is 36.1 Å². The molecule has 4 rings (SSSR count).